The highest BCUT2D eigenvalue weighted by atomic mass is 35.5. The van der Waals surface area contributed by atoms with E-state index in [2.05, 4.69) is 15.5 Å². The molecular weight excluding hydrogens is 553 g/mol. The largest absolute Gasteiger partial charge is 0.505 e. The minimum Gasteiger partial charge on any atom is -0.505 e. The van der Waals surface area contributed by atoms with E-state index in [1.54, 1.807) is 43.3 Å². The number of hydrogen-bond acceptors (Lipinski definition) is 7. The SMILES string of the molecule is CCc1cc(S(=O)(=O)O)c(N=Nc2c(O)c(C(=O)Nc3cc(Cl)ccc3OC)cc3ccccc23)cc1Cl. The van der Waals surface area contributed by atoms with Gasteiger partial charge in [0.15, 0.2) is 5.75 Å². The van der Waals surface area contributed by atoms with Gasteiger partial charge in [-0.3, -0.25) is 9.35 Å². The molecule has 38 heavy (non-hydrogen) atoms. The molecule has 196 valence electrons. The molecule has 0 saturated heterocycles. The van der Waals surface area contributed by atoms with E-state index in [9.17, 15) is 22.9 Å². The van der Waals surface area contributed by atoms with Crippen molar-refractivity contribution in [3.63, 3.8) is 0 Å². The number of amides is 1. The van der Waals surface area contributed by atoms with Gasteiger partial charge < -0.3 is 15.2 Å². The highest BCUT2D eigenvalue weighted by Crippen LogP contribution is 2.41. The third-order valence-electron chi connectivity index (χ3n) is 5.69. The highest BCUT2D eigenvalue weighted by Gasteiger charge is 2.22. The molecule has 0 saturated carbocycles. The summed E-state index contributed by atoms with van der Waals surface area (Å²) in [6.45, 7) is 1.77. The summed E-state index contributed by atoms with van der Waals surface area (Å²) in [6, 6.07) is 15.4. The predicted octanol–water partition coefficient (Wildman–Crippen LogP) is 7.34. The zero-order chi connectivity index (χ0) is 27.6. The van der Waals surface area contributed by atoms with Crippen LogP contribution < -0.4 is 10.1 Å². The van der Waals surface area contributed by atoms with Crippen LogP contribution in [0.25, 0.3) is 10.8 Å². The number of azo groups is 1. The number of halogens is 2. The number of fused-ring (bicyclic) bond motifs is 1. The Balaban J connectivity index is 1.85. The van der Waals surface area contributed by atoms with Crippen LogP contribution in [0.2, 0.25) is 10.0 Å². The number of benzene rings is 4. The Morgan fingerprint density at radius 1 is 1.05 bits per heavy atom. The zero-order valence-corrected chi connectivity index (χ0v) is 22.4. The van der Waals surface area contributed by atoms with E-state index in [0.717, 1.165) is 0 Å². The summed E-state index contributed by atoms with van der Waals surface area (Å²) < 4.78 is 39.0. The first-order chi connectivity index (χ1) is 18.0. The number of phenols is 1. The summed E-state index contributed by atoms with van der Waals surface area (Å²) in [5.74, 6) is -0.831. The molecule has 9 nitrogen and oxygen atoms in total. The summed E-state index contributed by atoms with van der Waals surface area (Å²) >= 11 is 12.3. The van der Waals surface area contributed by atoms with Gasteiger partial charge in [0.1, 0.15) is 22.0 Å². The van der Waals surface area contributed by atoms with Crippen LogP contribution in [0, 0.1) is 0 Å². The number of rotatable bonds is 7. The van der Waals surface area contributed by atoms with Crippen molar-refractivity contribution >= 4 is 67.1 Å². The predicted molar refractivity (Wildman–Crippen MR) is 146 cm³/mol. The highest BCUT2D eigenvalue weighted by molar-refractivity contribution is 7.86. The normalized spacial score (nSPS) is 11.7. The standard InChI is InChI=1S/C26H21Cl2N3O6S/c1-3-14-11-23(38(34,35)36)21(13-19(14)28)30-31-24-17-7-5-4-6-15(17)10-18(25(24)32)26(33)29-20-12-16(27)8-9-22(20)37-2/h4-13,32H,3H2,1-2H3,(H,29,33)(H,34,35,36). The second kappa shape index (κ2) is 11.0. The topological polar surface area (TPSA) is 138 Å². The number of hydrogen-bond donors (Lipinski definition) is 3. The van der Waals surface area contributed by atoms with E-state index < -0.39 is 26.7 Å². The lowest BCUT2D eigenvalue weighted by atomic mass is 10.0. The molecule has 0 unspecified atom stereocenters. The van der Waals surface area contributed by atoms with Gasteiger partial charge >= 0.3 is 0 Å². The minimum atomic E-state index is -4.67. The van der Waals surface area contributed by atoms with Crippen molar-refractivity contribution in [1.82, 2.24) is 0 Å². The molecule has 4 aromatic carbocycles. The number of nitrogens with one attached hydrogen (secondary N) is 1. The molecule has 3 N–H and O–H groups in total. The van der Waals surface area contributed by atoms with Crippen molar-refractivity contribution in [2.45, 2.75) is 18.2 Å². The van der Waals surface area contributed by atoms with Crippen LogP contribution in [-0.4, -0.2) is 31.1 Å². The van der Waals surface area contributed by atoms with Gasteiger partial charge in [0.05, 0.1) is 18.4 Å². The van der Waals surface area contributed by atoms with Gasteiger partial charge in [-0.2, -0.15) is 8.42 Å². The maximum atomic E-state index is 13.2. The molecule has 12 heteroatoms. The molecule has 1 amide bonds. The Kier molecular flexibility index (Phi) is 7.89. The number of phenolic OH excluding ortho intramolecular Hbond substituents is 1. The number of carbonyl (C=O) groups is 1. The summed E-state index contributed by atoms with van der Waals surface area (Å²) in [4.78, 5) is 12.7. The summed E-state index contributed by atoms with van der Waals surface area (Å²) in [5.41, 5.74) is 0.305. The van der Waals surface area contributed by atoms with E-state index in [-0.39, 0.29) is 27.6 Å². The first-order valence-corrected chi connectivity index (χ1v) is 13.3. The molecule has 0 radical (unpaired) electrons. The van der Waals surface area contributed by atoms with Gasteiger partial charge in [0.25, 0.3) is 16.0 Å². The smallest absolute Gasteiger partial charge is 0.296 e. The number of carbonyl (C=O) groups excluding carboxylic acids is 1. The third kappa shape index (κ3) is 5.58. The summed E-state index contributed by atoms with van der Waals surface area (Å²) in [7, 11) is -3.23. The fourth-order valence-electron chi connectivity index (χ4n) is 3.80. The quantitative estimate of drug-likeness (QED) is 0.156. The van der Waals surface area contributed by atoms with Crippen molar-refractivity contribution in [2.24, 2.45) is 10.2 Å². The lowest BCUT2D eigenvalue weighted by Gasteiger charge is -2.13. The van der Waals surface area contributed by atoms with E-state index in [1.807, 2.05) is 0 Å². The average Bonchev–Trinajstić information content (AvgIpc) is 2.87. The molecular formula is C26H21Cl2N3O6S. The Morgan fingerprint density at radius 2 is 1.79 bits per heavy atom. The molecule has 0 aliphatic carbocycles. The second-order valence-corrected chi connectivity index (χ2v) is 10.3. The van der Waals surface area contributed by atoms with Crippen LogP contribution in [0.5, 0.6) is 11.5 Å². The fraction of sp³-hybridized carbons (Fsp3) is 0.115. The molecule has 0 fully saturated rings. The first-order valence-electron chi connectivity index (χ1n) is 11.1. The molecule has 4 rings (SSSR count). The molecule has 0 aliphatic heterocycles. The van der Waals surface area contributed by atoms with Crippen LogP contribution >= 0.6 is 23.2 Å². The number of methoxy groups -OCH3 is 1. The van der Waals surface area contributed by atoms with Gasteiger partial charge in [-0.25, -0.2) is 0 Å². The lowest BCUT2D eigenvalue weighted by molar-refractivity contribution is 0.102. The number of ether oxygens (including phenoxy) is 1. The van der Waals surface area contributed by atoms with Crippen molar-refractivity contribution < 1.29 is 27.6 Å². The molecule has 0 atom stereocenters. The van der Waals surface area contributed by atoms with Crippen LogP contribution in [0.15, 0.2) is 75.8 Å². The lowest BCUT2D eigenvalue weighted by Crippen LogP contribution is -2.13. The van der Waals surface area contributed by atoms with Gasteiger partial charge in [0, 0.05) is 15.4 Å². The third-order valence-corrected chi connectivity index (χ3v) is 7.16. The van der Waals surface area contributed by atoms with Crippen LogP contribution in [0.4, 0.5) is 17.1 Å². The van der Waals surface area contributed by atoms with E-state index in [4.69, 9.17) is 27.9 Å². The Morgan fingerprint density at radius 3 is 2.47 bits per heavy atom. The Bertz CT molecular complexity index is 1710. The van der Waals surface area contributed by atoms with E-state index in [0.29, 0.717) is 33.5 Å². The Labute approximate surface area is 228 Å². The van der Waals surface area contributed by atoms with Crippen LogP contribution in [0.3, 0.4) is 0 Å². The number of aromatic hydroxyl groups is 1. The molecule has 4 aromatic rings. The van der Waals surface area contributed by atoms with Crippen molar-refractivity contribution in [2.75, 3.05) is 12.4 Å². The molecule has 0 bridgehead atoms. The number of nitrogens with zero attached hydrogens (tertiary/aromatic N) is 2. The summed E-state index contributed by atoms with van der Waals surface area (Å²) in [6.07, 6.45) is 0.415. The van der Waals surface area contributed by atoms with E-state index in [1.165, 1.54) is 31.4 Å². The summed E-state index contributed by atoms with van der Waals surface area (Å²) in [5, 5.41) is 23.4. The molecule has 0 spiro atoms. The Hall–Kier alpha value is -3.70. The molecule has 0 aliphatic rings. The first kappa shape index (κ1) is 27.3. The maximum absolute atomic E-state index is 13.2. The van der Waals surface area contributed by atoms with Crippen molar-refractivity contribution in [1.29, 1.82) is 0 Å². The maximum Gasteiger partial charge on any atom is 0.296 e. The van der Waals surface area contributed by atoms with Crippen molar-refractivity contribution in [3.8, 4) is 11.5 Å². The van der Waals surface area contributed by atoms with Gasteiger partial charge in [-0.1, -0.05) is 54.4 Å². The van der Waals surface area contributed by atoms with Gasteiger partial charge in [-0.15, -0.1) is 10.2 Å². The fourth-order valence-corrected chi connectivity index (χ4v) is 4.92. The zero-order valence-electron chi connectivity index (χ0n) is 20.1. The van der Waals surface area contributed by atoms with Crippen LogP contribution in [0.1, 0.15) is 22.8 Å². The van der Waals surface area contributed by atoms with Crippen LogP contribution in [-0.2, 0) is 16.5 Å². The van der Waals surface area contributed by atoms with E-state index >= 15 is 0 Å². The average molecular weight is 574 g/mol. The monoisotopic (exact) mass is 573 g/mol. The number of aryl methyl sites for hydroxylation is 1. The second-order valence-electron chi connectivity index (χ2n) is 8.08. The molecule has 0 heterocycles. The minimum absolute atomic E-state index is 0.0942. The number of anilines is 1. The van der Waals surface area contributed by atoms with Gasteiger partial charge in [-0.05, 0) is 53.8 Å². The molecule has 0 aromatic heterocycles. The van der Waals surface area contributed by atoms with Crippen molar-refractivity contribution in [3.05, 3.63) is 81.8 Å². The van der Waals surface area contributed by atoms with Gasteiger partial charge in [0.2, 0.25) is 0 Å².